The van der Waals surface area contributed by atoms with Gasteiger partial charge in [-0.25, -0.2) is 0 Å². The van der Waals surface area contributed by atoms with E-state index in [0.717, 1.165) is 29.4 Å². The van der Waals surface area contributed by atoms with Crippen LogP contribution in [0.1, 0.15) is 24.0 Å². The first-order chi connectivity index (χ1) is 9.22. The summed E-state index contributed by atoms with van der Waals surface area (Å²) in [6.45, 7) is 1.91. The number of benzene rings is 1. The van der Waals surface area contributed by atoms with E-state index in [2.05, 4.69) is 21.7 Å². The van der Waals surface area contributed by atoms with Gasteiger partial charge in [-0.3, -0.25) is 4.90 Å². The van der Waals surface area contributed by atoms with Crippen LogP contribution in [0.15, 0.2) is 35.0 Å². The Bertz CT molecular complexity index is 549. The first kappa shape index (κ1) is 13.0. The lowest BCUT2D eigenvalue weighted by atomic mass is 10.1. The summed E-state index contributed by atoms with van der Waals surface area (Å²) < 4.78 is 0. The molecule has 0 spiro atoms. The maximum absolute atomic E-state index is 6.28. The summed E-state index contributed by atoms with van der Waals surface area (Å²) in [5.41, 5.74) is 9.03. The second-order valence-corrected chi connectivity index (χ2v) is 6.31. The van der Waals surface area contributed by atoms with Crippen molar-refractivity contribution in [2.24, 2.45) is 0 Å². The van der Waals surface area contributed by atoms with Gasteiger partial charge >= 0.3 is 0 Å². The van der Waals surface area contributed by atoms with Crippen molar-refractivity contribution in [2.45, 2.75) is 32.0 Å². The summed E-state index contributed by atoms with van der Waals surface area (Å²) in [5, 5.41) is 5.13. The Hall–Kier alpha value is -1.03. The van der Waals surface area contributed by atoms with Crippen molar-refractivity contribution in [3.63, 3.8) is 0 Å². The van der Waals surface area contributed by atoms with Gasteiger partial charge in [-0.2, -0.15) is 11.3 Å². The normalized spacial score (nSPS) is 15.1. The molecule has 2 N–H and O–H groups in total. The molecule has 1 aromatic heterocycles. The van der Waals surface area contributed by atoms with Gasteiger partial charge in [0.25, 0.3) is 0 Å². The van der Waals surface area contributed by atoms with Crippen LogP contribution in [0.5, 0.6) is 0 Å². The van der Waals surface area contributed by atoms with Crippen molar-refractivity contribution in [2.75, 3.05) is 5.73 Å². The summed E-state index contributed by atoms with van der Waals surface area (Å²) >= 11 is 8.03. The Morgan fingerprint density at radius 1 is 1.26 bits per heavy atom. The first-order valence-electron chi connectivity index (χ1n) is 6.51. The Kier molecular flexibility index (Phi) is 3.78. The highest BCUT2D eigenvalue weighted by Gasteiger charge is 2.29. The Labute approximate surface area is 122 Å². The van der Waals surface area contributed by atoms with Gasteiger partial charge in [0.05, 0.1) is 0 Å². The molecule has 0 amide bonds. The van der Waals surface area contributed by atoms with Crippen LogP contribution in [0, 0.1) is 0 Å². The standard InChI is InChI=1S/C15H17ClN2S/c16-15-7-13(17)2-1-12(15)9-18(14-3-4-14)8-11-5-6-19-10-11/h1-2,5-7,10,14H,3-4,8-9,17H2. The Balaban J connectivity index is 1.74. The number of nitrogens with two attached hydrogens (primary N) is 1. The molecule has 1 saturated carbocycles. The smallest absolute Gasteiger partial charge is 0.0471 e. The van der Waals surface area contributed by atoms with Crippen molar-refractivity contribution < 1.29 is 0 Å². The largest absolute Gasteiger partial charge is 0.399 e. The molecule has 4 heteroatoms. The third-order valence-corrected chi connectivity index (χ3v) is 4.56. The van der Waals surface area contributed by atoms with Gasteiger partial charge in [0.2, 0.25) is 0 Å². The zero-order chi connectivity index (χ0) is 13.2. The molecular weight excluding hydrogens is 276 g/mol. The van der Waals surface area contributed by atoms with Crippen LogP contribution < -0.4 is 5.73 Å². The third kappa shape index (κ3) is 3.30. The van der Waals surface area contributed by atoms with Crippen molar-refractivity contribution in [1.82, 2.24) is 4.90 Å². The van der Waals surface area contributed by atoms with Gasteiger partial charge in [0, 0.05) is 29.8 Å². The molecule has 0 saturated heterocycles. The number of thiophene rings is 1. The fourth-order valence-corrected chi connectivity index (χ4v) is 3.19. The number of nitrogen functional groups attached to an aromatic ring is 1. The van der Waals surface area contributed by atoms with Gasteiger partial charge in [0.15, 0.2) is 0 Å². The second-order valence-electron chi connectivity index (χ2n) is 5.12. The lowest BCUT2D eigenvalue weighted by Gasteiger charge is -2.22. The van der Waals surface area contributed by atoms with Gasteiger partial charge in [0.1, 0.15) is 0 Å². The molecule has 1 fully saturated rings. The minimum atomic E-state index is 0.716. The number of halogens is 1. The van der Waals surface area contributed by atoms with Crippen molar-refractivity contribution in [1.29, 1.82) is 0 Å². The first-order valence-corrected chi connectivity index (χ1v) is 7.83. The van der Waals surface area contributed by atoms with E-state index in [4.69, 9.17) is 17.3 Å². The van der Waals surface area contributed by atoms with E-state index in [-0.39, 0.29) is 0 Å². The molecule has 1 aliphatic carbocycles. The van der Waals surface area contributed by atoms with E-state index in [0.29, 0.717) is 6.04 Å². The molecule has 3 rings (SSSR count). The molecule has 2 aromatic rings. The summed E-state index contributed by atoms with van der Waals surface area (Å²) in [6.07, 6.45) is 2.60. The Morgan fingerprint density at radius 3 is 2.74 bits per heavy atom. The van der Waals surface area contributed by atoms with E-state index in [1.165, 1.54) is 18.4 Å². The van der Waals surface area contributed by atoms with E-state index < -0.39 is 0 Å². The highest BCUT2D eigenvalue weighted by Crippen LogP contribution is 2.31. The van der Waals surface area contributed by atoms with Crippen LogP contribution in [-0.2, 0) is 13.1 Å². The minimum absolute atomic E-state index is 0.716. The molecule has 2 nitrogen and oxygen atoms in total. The molecule has 1 aliphatic rings. The average Bonchev–Trinajstić information content (AvgIpc) is 3.10. The third-order valence-electron chi connectivity index (χ3n) is 3.48. The number of rotatable bonds is 5. The van der Waals surface area contributed by atoms with Gasteiger partial charge in [-0.05, 0) is 52.9 Å². The topological polar surface area (TPSA) is 29.3 Å². The van der Waals surface area contributed by atoms with Crippen LogP contribution in [-0.4, -0.2) is 10.9 Å². The maximum atomic E-state index is 6.28. The van der Waals surface area contributed by atoms with Crippen molar-refractivity contribution in [3.05, 3.63) is 51.2 Å². The molecular formula is C15H17ClN2S. The molecule has 1 aromatic carbocycles. The molecule has 0 bridgehead atoms. The van der Waals surface area contributed by atoms with E-state index >= 15 is 0 Å². The molecule has 0 aliphatic heterocycles. The quantitative estimate of drug-likeness (QED) is 0.839. The highest BCUT2D eigenvalue weighted by molar-refractivity contribution is 7.07. The summed E-state index contributed by atoms with van der Waals surface area (Å²) in [4.78, 5) is 2.51. The van der Waals surface area contributed by atoms with E-state index in [9.17, 15) is 0 Å². The van der Waals surface area contributed by atoms with Gasteiger partial charge < -0.3 is 5.73 Å². The van der Waals surface area contributed by atoms with Crippen molar-refractivity contribution in [3.8, 4) is 0 Å². The number of nitrogens with zero attached hydrogens (tertiary/aromatic N) is 1. The lowest BCUT2D eigenvalue weighted by Crippen LogP contribution is -2.25. The number of anilines is 1. The second kappa shape index (κ2) is 5.53. The highest BCUT2D eigenvalue weighted by atomic mass is 35.5. The van der Waals surface area contributed by atoms with E-state index in [1.54, 1.807) is 11.3 Å². The average molecular weight is 293 g/mol. The number of hydrogen-bond donors (Lipinski definition) is 1. The maximum Gasteiger partial charge on any atom is 0.0471 e. The van der Waals surface area contributed by atoms with Crippen LogP contribution in [0.4, 0.5) is 5.69 Å². The SMILES string of the molecule is Nc1ccc(CN(Cc2ccsc2)C2CC2)c(Cl)c1. The molecule has 100 valence electrons. The predicted octanol–water partition coefficient (Wildman–Crippen LogP) is 4.15. The predicted molar refractivity (Wildman–Crippen MR) is 82.5 cm³/mol. The summed E-state index contributed by atoms with van der Waals surface area (Å²) in [6, 6.07) is 8.72. The molecule has 0 atom stereocenters. The van der Waals surface area contributed by atoms with Gasteiger partial charge in [-0.15, -0.1) is 0 Å². The molecule has 0 radical (unpaired) electrons. The molecule has 0 unspecified atom stereocenters. The van der Waals surface area contributed by atoms with Crippen LogP contribution >= 0.6 is 22.9 Å². The minimum Gasteiger partial charge on any atom is -0.399 e. The van der Waals surface area contributed by atoms with Crippen LogP contribution in [0.3, 0.4) is 0 Å². The lowest BCUT2D eigenvalue weighted by molar-refractivity contribution is 0.246. The van der Waals surface area contributed by atoms with Crippen LogP contribution in [0.2, 0.25) is 5.02 Å². The Morgan fingerprint density at radius 2 is 2.11 bits per heavy atom. The number of hydrogen-bond acceptors (Lipinski definition) is 3. The molecule has 19 heavy (non-hydrogen) atoms. The van der Waals surface area contributed by atoms with Crippen LogP contribution in [0.25, 0.3) is 0 Å². The molecule has 1 heterocycles. The summed E-state index contributed by atoms with van der Waals surface area (Å²) in [5.74, 6) is 0. The summed E-state index contributed by atoms with van der Waals surface area (Å²) in [7, 11) is 0. The van der Waals surface area contributed by atoms with Crippen molar-refractivity contribution >= 4 is 28.6 Å². The van der Waals surface area contributed by atoms with E-state index in [1.807, 2.05) is 18.2 Å². The fraction of sp³-hybridized carbons (Fsp3) is 0.333. The van der Waals surface area contributed by atoms with Gasteiger partial charge in [-0.1, -0.05) is 17.7 Å². The monoisotopic (exact) mass is 292 g/mol. The zero-order valence-electron chi connectivity index (χ0n) is 10.7. The fourth-order valence-electron chi connectivity index (χ4n) is 2.28. The zero-order valence-corrected chi connectivity index (χ0v) is 12.3.